The largest absolute Gasteiger partial charge is 0.382 e. The van der Waals surface area contributed by atoms with E-state index in [-0.39, 0.29) is 0 Å². The van der Waals surface area contributed by atoms with Crippen LogP contribution >= 0.6 is 50.2 Å². The maximum Gasteiger partial charge on any atom is 0.122 e. The Morgan fingerprint density at radius 2 is 1.88 bits per heavy atom. The van der Waals surface area contributed by atoms with Gasteiger partial charge in [-0.05, 0) is 47.5 Å². The van der Waals surface area contributed by atoms with Gasteiger partial charge in [-0.15, -0.1) is 22.7 Å². The molecule has 16 heavy (non-hydrogen) atoms. The van der Waals surface area contributed by atoms with Crippen LogP contribution in [0.4, 0.5) is 0 Å². The molecule has 2 heterocycles. The molecule has 0 radical (unpaired) electrons. The van der Waals surface area contributed by atoms with Gasteiger partial charge in [-0.1, -0.05) is 11.6 Å². The Morgan fingerprint density at radius 3 is 2.31 bits per heavy atom. The van der Waals surface area contributed by atoms with Crippen molar-refractivity contribution in [2.24, 2.45) is 0 Å². The summed E-state index contributed by atoms with van der Waals surface area (Å²) < 4.78 is 0.869. The fraction of sp³-hybridized carbons (Fsp3) is 0.273. The summed E-state index contributed by atoms with van der Waals surface area (Å²) in [6.07, 6.45) is -0.564. The molecule has 0 fully saturated rings. The molecule has 1 atom stereocenters. The van der Waals surface area contributed by atoms with Crippen LogP contribution in [0.1, 0.15) is 26.3 Å². The van der Waals surface area contributed by atoms with Gasteiger partial charge in [0.2, 0.25) is 0 Å². The highest BCUT2D eigenvalue weighted by molar-refractivity contribution is 9.11. The Balaban J connectivity index is 2.34. The van der Waals surface area contributed by atoms with Crippen molar-refractivity contribution < 1.29 is 5.11 Å². The summed E-state index contributed by atoms with van der Waals surface area (Å²) in [7, 11) is 0. The number of hydrogen-bond acceptors (Lipinski definition) is 3. The monoisotopic (exact) mass is 336 g/mol. The quantitative estimate of drug-likeness (QED) is 0.824. The van der Waals surface area contributed by atoms with Crippen molar-refractivity contribution in [1.82, 2.24) is 0 Å². The maximum atomic E-state index is 10.2. The molecule has 0 spiro atoms. The lowest BCUT2D eigenvalue weighted by molar-refractivity contribution is 0.228. The van der Waals surface area contributed by atoms with Crippen LogP contribution < -0.4 is 0 Å². The van der Waals surface area contributed by atoms with E-state index < -0.39 is 6.10 Å². The average Bonchev–Trinajstić information content (AvgIpc) is 2.72. The molecule has 0 aliphatic rings. The predicted octanol–water partition coefficient (Wildman–Crippen LogP) is 4.92. The van der Waals surface area contributed by atoms with Gasteiger partial charge >= 0.3 is 0 Å². The normalized spacial score (nSPS) is 13.1. The molecule has 0 bridgehead atoms. The van der Waals surface area contributed by atoms with E-state index in [0.717, 1.165) is 13.5 Å². The van der Waals surface area contributed by atoms with Crippen LogP contribution in [0.2, 0.25) is 5.02 Å². The van der Waals surface area contributed by atoms with Gasteiger partial charge in [0.05, 0.1) is 8.81 Å². The van der Waals surface area contributed by atoms with Crippen molar-refractivity contribution in [2.45, 2.75) is 20.0 Å². The van der Waals surface area contributed by atoms with Gasteiger partial charge in [-0.25, -0.2) is 0 Å². The average molecular weight is 338 g/mol. The molecular formula is C11H10BrClOS2. The molecule has 0 aromatic carbocycles. The molecule has 0 saturated heterocycles. The van der Waals surface area contributed by atoms with E-state index in [2.05, 4.69) is 29.8 Å². The fourth-order valence-electron chi connectivity index (χ4n) is 1.37. The van der Waals surface area contributed by atoms with Crippen molar-refractivity contribution in [3.05, 3.63) is 41.1 Å². The molecule has 2 aromatic heterocycles. The summed E-state index contributed by atoms with van der Waals surface area (Å²) in [5, 5.41) is 10.9. The van der Waals surface area contributed by atoms with E-state index in [0.29, 0.717) is 5.02 Å². The Morgan fingerprint density at radius 1 is 1.25 bits per heavy atom. The molecule has 0 saturated carbocycles. The Kier molecular flexibility index (Phi) is 3.76. The van der Waals surface area contributed by atoms with Gasteiger partial charge in [0.15, 0.2) is 0 Å². The minimum atomic E-state index is -0.564. The third-order valence-corrected chi connectivity index (χ3v) is 6.12. The van der Waals surface area contributed by atoms with Crippen LogP contribution in [0.15, 0.2) is 15.9 Å². The standard InChI is InChI=1S/C11H10BrClOS2/c1-5-3-8(15-6(5)2)10(14)9-4-7(13)11(12)16-9/h3-4,10,14H,1-2H3. The first-order valence-electron chi connectivity index (χ1n) is 4.68. The van der Waals surface area contributed by atoms with Gasteiger partial charge in [-0.2, -0.15) is 0 Å². The summed E-state index contributed by atoms with van der Waals surface area (Å²) in [4.78, 5) is 3.09. The number of halogens is 2. The van der Waals surface area contributed by atoms with Crippen molar-refractivity contribution in [1.29, 1.82) is 0 Å². The summed E-state index contributed by atoms with van der Waals surface area (Å²) in [6, 6.07) is 3.84. The van der Waals surface area contributed by atoms with Crippen molar-refractivity contribution >= 4 is 50.2 Å². The maximum absolute atomic E-state index is 10.2. The van der Waals surface area contributed by atoms with Gasteiger partial charge in [-0.3, -0.25) is 0 Å². The van der Waals surface area contributed by atoms with Crippen molar-refractivity contribution in [3.63, 3.8) is 0 Å². The highest BCUT2D eigenvalue weighted by Crippen LogP contribution is 2.39. The molecular weight excluding hydrogens is 328 g/mol. The molecule has 1 N–H and O–H groups in total. The van der Waals surface area contributed by atoms with E-state index in [1.807, 2.05) is 12.1 Å². The third-order valence-electron chi connectivity index (χ3n) is 2.39. The molecule has 0 aliphatic heterocycles. The SMILES string of the molecule is Cc1cc(C(O)c2cc(Cl)c(Br)s2)sc1C. The Hall–Kier alpha value is 0.130. The summed E-state index contributed by atoms with van der Waals surface area (Å²) in [5.41, 5.74) is 1.22. The van der Waals surface area contributed by atoms with Crippen LogP contribution in [-0.2, 0) is 0 Å². The zero-order chi connectivity index (χ0) is 11.9. The van der Waals surface area contributed by atoms with E-state index in [9.17, 15) is 5.11 Å². The zero-order valence-electron chi connectivity index (χ0n) is 8.75. The lowest BCUT2D eigenvalue weighted by Gasteiger charge is -2.04. The molecule has 0 aliphatic carbocycles. The highest BCUT2D eigenvalue weighted by Gasteiger charge is 2.17. The number of aryl methyl sites for hydroxylation is 2. The number of hydrogen-bond donors (Lipinski definition) is 1. The predicted molar refractivity (Wildman–Crippen MR) is 74.9 cm³/mol. The molecule has 5 heteroatoms. The summed E-state index contributed by atoms with van der Waals surface area (Å²) in [6.45, 7) is 4.12. The number of aliphatic hydroxyl groups is 1. The zero-order valence-corrected chi connectivity index (χ0v) is 12.7. The molecule has 1 nitrogen and oxygen atoms in total. The van der Waals surface area contributed by atoms with Crippen LogP contribution in [-0.4, -0.2) is 5.11 Å². The van der Waals surface area contributed by atoms with Crippen molar-refractivity contribution in [2.75, 3.05) is 0 Å². The molecule has 86 valence electrons. The van der Waals surface area contributed by atoms with Crippen molar-refractivity contribution in [3.8, 4) is 0 Å². The van der Waals surface area contributed by atoms with Crippen LogP contribution in [0.25, 0.3) is 0 Å². The minimum absolute atomic E-state index is 0.564. The molecule has 2 aromatic rings. The summed E-state index contributed by atoms with van der Waals surface area (Å²) in [5.74, 6) is 0. The molecule has 1 unspecified atom stereocenters. The smallest absolute Gasteiger partial charge is 0.122 e. The minimum Gasteiger partial charge on any atom is -0.382 e. The fourth-order valence-corrected chi connectivity index (χ4v) is 4.25. The molecule has 2 rings (SSSR count). The van der Waals surface area contributed by atoms with E-state index in [1.165, 1.54) is 21.8 Å². The van der Waals surface area contributed by atoms with Gasteiger partial charge in [0.25, 0.3) is 0 Å². The second-order valence-corrected chi connectivity index (χ2v) is 7.66. The lowest BCUT2D eigenvalue weighted by atomic mass is 10.2. The van der Waals surface area contributed by atoms with Crippen LogP contribution in [0.3, 0.4) is 0 Å². The van der Waals surface area contributed by atoms with E-state index in [4.69, 9.17) is 11.6 Å². The molecule has 0 amide bonds. The van der Waals surface area contributed by atoms with Crippen LogP contribution in [0.5, 0.6) is 0 Å². The Bertz CT molecular complexity index is 433. The van der Waals surface area contributed by atoms with Crippen LogP contribution in [0, 0.1) is 13.8 Å². The van der Waals surface area contributed by atoms with E-state index in [1.54, 1.807) is 11.3 Å². The van der Waals surface area contributed by atoms with E-state index >= 15 is 0 Å². The lowest BCUT2D eigenvalue weighted by Crippen LogP contribution is -1.92. The number of aliphatic hydroxyl groups excluding tert-OH is 1. The first kappa shape index (κ1) is 12.6. The Labute approximate surface area is 116 Å². The number of rotatable bonds is 2. The second kappa shape index (κ2) is 4.78. The topological polar surface area (TPSA) is 20.2 Å². The highest BCUT2D eigenvalue weighted by atomic mass is 79.9. The van der Waals surface area contributed by atoms with Gasteiger partial charge in [0.1, 0.15) is 6.10 Å². The first-order chi connectivity index (χ1) is 7.49. The third kappa shape index (κ3) is 2.36. The van der Waals surface area contributed by atoms with Gasteiger partial charge in [0, 0.05) is 14.6 Å². The first-order valence-corrected chi connectivity index (χ1v) is 7.49. The summed E-state index contributed by atoms with van der Waals surface area (Å²) >= 11 is 12.4. The second-order valence-electron chi connectivity index (χ2n) is 3.56. The number of thiophene rings is 2. The van der Waals surface area contributed by atoms with Gasteiger partial charge < -0.3 is 5.11 Å².